The molecule has 5 rings (SSSR count). The van der Waals surface area contributed by atoms with Crippen LogP contribution in [0.4, 0.5) is 20.6 Å². The lowest BCUT2D eigenvalue weighted by Crippen LogP contribution is -2.49. The molecule has 0 aromatic heterocycles. The summed E-state index contributed by atoms with van der Waals surface area (Å²) in [5.41, 5.74) is 1.32. The number of amides is 2. The van der Waals surface area contributed by atoms with Crippen LogP contribution in [0, 0.1) is 11.7 Å². The molecule has 2 aliphatic rings. The number of carbonyl (C=O) groups is 1. The van der Waals surface area contributed by atoms with E-state index in [0.717, 1.165) is 12.4 Å². The van der Waals surface area contributed by atoms with Gasteiger partial charge < -0.3 is 20.1 Å². The van der Waals surface area contributed by atoms with Gasteiger partial charge in [0.2, 0.25) is 0 Å². The van der Waals surface area contributed by atoms with Crippen molar-refractivity contribution in [3.05, 3.63) is 78.6 Å². The van der Waals surface area contributed by atoms with Gasteiger partial charge in [-0.2, -0.15) is 0 Å². The highest BCUT2D eigenvalue weighted by Crippen LogP contribution is 2.31. The summed E-state index contributed by atoms with van der Waals surface area (Å²) in [6, 6.07) is 20.6. The van der Waals surface area contributed by atoms with Crippen molar-refractivity contribution in [2.24, 2.45) is 5.92 Å². The first kappa shape index (κ1) is 24.1. The van der Waals surface area contributed by atoms with E-state index in [1.165, 1.54) is 57.3 Å². The Hall–Kier alpha value is -3.58. The highest BCUT2D eigenvalue weighted by atomic mass is 19.1. The van der Waals surface area contributed by atoms with Gasteiger partial charge in [0.15, 0.2) is 0 Å². The van der Waals surface area contributed by atoms with Crippen LogP contribution < -0.4 is 20.1 Å². The number of halogens is 1. The minimum atomic E-state index is -0.338. The molecule has 2 aliphatic heterocycles. The number of hydrogen-bond donors (Lipinski definition) is 2. The summed E-state index contributed by atoms with van der Waals surface area (Å²) in [5.74, 6) is 2.23. The fraction of sp³-hybridized carbons (Fsp3) is 0.345. The summed E-state index contributed by atoms with van der Waals surface area (Å²) < 4.78 is 24.8. The average molecular weight is 490 g/mol. The fourth-order valence-corrected chi connectivity index (χ4v) is 5.15. The standard InChI is InChI=1S/C29H32FN3O3/c30-22-6-12-26(13-7-22)36-27-16-10-24(11-17-27)32-29(34)31-23-8-14-25(15-9-23)35-20-21-4-3-19-33-18-2-1-5-28(21)33/h6-17,21,28H,1-5,18-20H2,(H2,31,32,34). The molecule has 6 nitrogen and oxygen atoms in total. The molecule has 0 radical (unpaired) electrons. The van der Waals surface area contributed by atoms with Crippen molar-refractivity contribution in [3.63, 3.8) is 0 Å². The Kier molecular flexibility index (Phi) is 7.67. The highest BCUT2D eigenvalue weighted by molar-refractivity contribution is 5.99. The predicted octanol–water partition coefficient (Wildman–Crippen LogP) is 6.91. The van der Waals surface area contributed by atoms with E-state index in [-0.39, 0.29) is 11.8 Å². The Labute approximate surface area is 211 Å². The Balaban J connectivity index is 1.08. The fourth-order valence-electron chi connectivity index (χ4n) is 5.15. The van der Waals surface area contributed by atoms with Crippen molar-refractivity contribution < 1.29 is 18.7 Å². The molecular formula is C29H32FN3O3. The molecule has 3 aromatic carbocycles. The van der Waals surface area contributed by atoms with Crippen LogP contribution in [-0.4, -0.2) is 36.7 Å². The molecule has 2 heterocycles. The van der Waals surface area contributed by atoms with Crippen LogP contribution in [0.2, 0.25) is 0 Å². The maximum Gasteiger partial charge on any atom is 0.323 e. The third-order valence-corrected chi connectivity index (χ3v) is 6.97. The molecule has 3 aromatic rings. The van der Waals surface area contributed by atoms with Crippen molar-refractivity contribution in [1.29, 1.82) is 0 Å². The molecule has 36 heavy (non-hydrogen) atoms. The number of urea groups is 1. The summed E-state index contributed by atoms with van der Waals surface area (Å²) in [6.07, 6.45) is 6.43. The first-order valence-electron chi connectivity index (χ1n) is 12.7. The second-order valence-electron chi connectivity index (χ2n) is 9.50. The van der Waals surface area contributed by atoms with Gasteiger partial charge in [0.25, 0.3) is 0 Å². The average Bonchev–Trinajstić information content (AvgIpc) is 2.91. The monoisotopic (exact) mass is 489 g/mol. The smallest absolute Gasteiger partial charge is 0.323 e. The second kappa shape index (κ2) is 11.4. The summed E-state index contributed by atoms with van der Waals surface area (Å²) >= 11 is 0. The number of ether oxygens (including phenoxy) is 2. The van der Waals surface area contributed by atoms with Gasteiger partial charge in [-0.25, -0.2) is 9.18 Å². The van der Waals surface area contributed by atoms with E-state index in [2.05, 4.69) is 15.5 Å². The summed E-state index contributed by atoms with van der Waals surface area (Å²) in [6.45, 7) is 3.21. The molecule has 0 saturated carbocycles. The lowest BCUT2D eigenvalue weighted by Gasteiger charge is -2.44. The maximum atomic E-state index is 13.0. The predicted molar refractivity (Wildman–Crippen MR) is 139 cm³/mol. The van der Waals surface area contributed by atoms with E-state index < -0.39 is 0 Å². The van der Waals surface area contributed by atoms with E-state index in [9.17, 15) is 9.18 Å². The van der Waals surface area contributed by atoms with Crippen molar-refractivity contribution in [2.75, 3.05) is 30.3 Å². The molecular weight excluding hydrogens is 457 g/mol. The first-order valence-corrected chi connectivity index (χ1v) is 12.7. The molecule has 2 fully saturated rings. The highest BCUT2D eigenvalue weighted by Gasteiger charge is 2.33. The zero-order chi connectivity index (χ0) is 24.7. The zero-order valence-electron chi connectivity index (χ0n) is 20.3. The van der Waals surface area contributed by atoms with Crippen LogP contribution in [0.25, 0.3) is 0 Å². The van der Waals surface area contributed by atoms with Gasteiger partial charge in [-0.3, -0.25) is 4.90 Å². The second-order valence-corrected chi connectivity index (χ2v) is 9.50. The summed E-state index contributed by atoms with van der Waals surface area (Å²) in [5, 5.41) is 5.65. The number of anilines is 2. The number of benzene rings is 3. The van der Waals surface area contributed by atoms with E-state index in [4.69, 9.17) is 9.47 Å². The van der Waals surface area contributed by atoms with Crippen LogP contribution in [0.5, 0.6) is 17.2 Å². The lowest BCUT2D eigenvalue weighted by molar-refractivity contribution is 0.0366. The minimum absolute atomic E-state index is 0.315. The van der Waals surface area contributed by atoms with E-state index in [1.807, 2.05) is 24.3 Å². The van der Waals surface area contributed by atoms with Gasteiger partial charge >= 0.3 is 6.03 Å². The minimum Gasteiger partial charge on any atom is -0.493 e. The number of rotatable bonds is 7. The summed E-state index contributed by atoms with van der Waals surface area (Å²) in [7, 11) is 0. The van der Waals surface area contributed by atoms with Crippen molar-refractivity contribution in [2.45, 2.75) is 38.1 Å². The van der Waals surface area contributed by atoms with Crippen LogP contribution >= 0.6 is 0 Å². The molecule has 0 bridgehead atoms. The van der Waals surface area contributed by atoms with Crippen LogP contribution in [0.15, 0.2) is 72.8 Å². The SMILES string of the molecule is O=C(Nc1ccc(OCC2CCCN3CCCCC23)cc1)Nc1ccc(Oc2ccc(F)cc2)cc1. The Morgan fingerprint density at radius 2 is 1.36 bits per heavy atom. The van der Waals surface area contributed by atoms with E-state index >= 15 is 0 Å². The zero-order valence-corrected chi connectivity index (χ0v) is 20.3. The number of hydrogen-bond acceptors (Lipinski definition) is 4. The van der Waals surface area contributed by atoms with Gasteiger partial charge in [0.1, 0.15) is 23.1 Å². The third kappa shape index (κ3) is 6.34. The number of nitrogens with zero attached hydrogens (tertiary/aromatic N) is 1. The lowest BCUT2D eigenvalue weighted by atomic mass is 9.84. The largest absolute Gasteiger partial charge is 0.493 e. The van der Waals surface area contributed by atoms with Crippen LogP contribution in [-0.2, 0) is 0 Å². The van der Waals surface area contributed by atoms with Gasteiger partial charge in [0.05, 0.1) is 6.61 Å². The third-order valence-electron chi connectivity index (χ3n) is 6.97. The number of carbonyl (C=O) groups excluding carboxylic acids is 1. The molecule has 2 amide bonds. The molecule has 2 unspecified atom stereocenters. The van der Waals surface area contributed by atoms with Crippen molar-refractivity contribution >= 4 is 17.4 Å². The van der Waals surface area contributed by atoms with Gasteiger partial charge in [-0.1, -0.05) is 6.42 Å². The topological polar surface area (TPSA) is 62.8 Å². The normalized spacial score (nSPS) is 19.7. The van der Waals surface area contributed by atoms with Gasteiger partial charge in [-0.05, 0) is 112 Å². The molecule has 0 aliphatic carbocycles. The Morgan fingerprint density at radius 1 is 0.778 bits per heavy atom. The number of fused-ring (bicyclic) bond motifs is 1. The molecule has 0 spiro atoms. The molecule has 2 N–H and O–H groups in total. The van der Waals surface area contributed by atoms with Crippen molar-refractivity contribution in [1.82, 2.24) is 4.90 Å². The van der Waals surface area contributed by atoms with Gasteiger partial charge in [0, 0.05) is 23.3 Å². The Morgan fingerprint density at radius 3 is 2.03 bits per heavy atom. The first-order chi connectivity index (χ1) is 17.6. The molecule has 2 atom stereocenters. The van der Waals surface area contributed by atoms with E-state index in [0.29, 0.717) is 34.8 Å². The van der Waals surface area contributed by atoms with Crippen molar-refractivity contribution in [3.8, 4) is 17.2 Å². The maximum absolute atomic E-state index is 13.0. The quantitative estimate of drug-likeness (QED) is 0.379. The number of piperidine rings is 2. The molecule has 188 valence electrons. The number of nitrogens with one attached hydrogen (secondary N) is 2. The van der Waals surface area contributed by atoms with Crippen LogP contribution in [0.3, 0.4) is 0 Å². The Bertz CT molecular complexity index is 1130. The van der Waals surface area contributed by atoms with Crippen LogP contribution in [0.1, 0.15) is 32.1 Å². The molecule has 2 saturated heterocycles. The summed E-state index contributed by atoms with van der Waals surface area (Å²) in [4.78, 5) is 15.1. The van der Waals surface area contributed by atoms with E-state index in [1.54, 1.807) is 36.4 Å². The molecule has 7 heteroatoms. The van der Waals surface area contributed by atoms with Gasteiger partial charge in [-0.15, -0.1) is 0 Å².